The highest BCUT2D eigenvalue weighted by Crippen LogP contribution is 1.86. The molecule has 4 nitrogen and oxygen atoms in total. The zero-order chi connectivity index (χ0) is 5.28. The van der Waals surface area contributed by atoms with Crippen LogP contribution in [0.4, 0.5) is 5.88 Å². The first-order valence-corrected chi connectivity index (χ1v) is 1.87. The van der Waals surface area contributed by atoms with E-state index < -0.39 is 0 Å². The molecule has 1 aromatic heterocycles. The summed E-state index contributed by atoms with van der Waals surface area (Å²) < 4.78 is 5.95. The van der Waals surface area contributed by atoms with E-state index in [1.807, 2.05) is 0 Å². The van der Waals surface area contributed by atoms with Crippen LogP contribution in [-0.2, 0) is 7.05 Å². The Hall–Kier alpha value is -1.06. The molecule has 0 aliphatic rings. The third-order valence-corrected chi connectivity index (χ3v) is 0.589. The number of aryl methyl sites for hydroxylation is 1. The summed E-state index contributed by atoms with van der Waals surface area (Å²) in [6.45, 7) is 0. The number of nitrogens with zero attached hydrogens (tertiary/aromatic N) is 2. The van der Waals surface area contributed by atoms with Crippen LogP contribution in [0, 0.1) is 0 Å². The largest absolute Gasteiger partial charge is 0.362 e. The Kier molecular flexibility index (Phi) is 0.714. The van der Waals surface area contributed by atoms with Gasteiger partial charge in [0, 0.05) is 0 Å². The number of anilines is 1. The van der Waals surface area contributed by atoms with E-state index >= 15 is 0 Å². The van der Waals surface area contributed by atoms with Crippen molar-refractivity contribution in [3.63, 3.8) is 0 Å². The molecule has 0 aliphatic heterocycles. The van der Waals surface area contributed by atoms with Gasteiger partial charge < -0.3 is 5.73 Å². The standard InChI is InChI=1S/C3H6N3O/c1-6-2-3(4)7-5-6/h2H,4H2,1H3/q+1. The Balaban J connectivity index is 3.04. The quantitative estimate of drug-likeness (QED) is 0.429. The van der Waals surface area contributed by atoms with Gasteiger partial charge in [0.15, 0.2) is 12.3 Å². The summed E-state index contributed by atoms with van der Waals surface area (Å²) in [5.74, 6) is 0.336. The van der Waals surface area contributed by atoms with Crippen LogP contribution in [-0.4, -0.2) is 5.27 Å². The lowest BCUT2D eigenvalue weighted by atomic mass is 10.8. The fourth-order valence-corrected chi connectivity index (χ4v) is 0.343. The average molecular weight is 100 g/mol. The molecule has 0 bridgehead atoms. The SMILES string of the molecule is C[n+]1cc(N)on1. The zero-order valence-corrected chi connectivity index (χ0v) is 3.96. The van der Waals surface area contributed by atoms with Crippen LogP contribution < -0.4 is 10.4 Å². The molecule has 1 aromatic rings. The van der Waals surface area contributed by atoms with Crippen molar-refractivity contribution in [1.82, 2.24) is 5.27 Å². The summed E-state index contributed by atoms with van der Waals surface area (Å²) in [5.41, 5.74) is 5.13. The maximum atomic E-state index is 5.13. The molecule has 4 heteroatoms. The molecule has 1 heterocycles. The van der Waals surface area contributed by atoms with Crippen LogP contribution in [0.15, 0.2) is 10.7 Å². The van der Waals surface area contributed by atoms with Gasteiger partial charge in [-0.2, -0.15) is 0 Å². The Morgan fingerprint density at radius 1 is 2.00 bits per heavy atom. The molecule has 0 saturated heterocycles. The lowest BCUT2D eigenvalue weighted by Gasteiger charge is -1.60. The molecule has 0 aromatic carbocycles. The van der Waals surface area contributed by atoms with Gasteiger partial charge in [-0.3, -0.25) is 4.52 Å². The van der Waals surface area contributed by atoms with E-state index in [-0.39, 0.29) is 0 Å². The van der Waals surface area contributed by atoms with E-state index in [9.17, 15) is 0 Å². The third kappa shape index (κ3) is 0.677. The van der Waals surface area contributed by atoms with Crippen LogP contribution >= 0.6 is 0 Å². The molecule has 0 amide bonds. The average Bonchev–Trinajstić information content (AvgIpc) is 1.87. The number of aromatic nitrogens is 2. The lowest BCUT2D eigenvalue weighted by molar-refractivity contribution is -0.739. The van der Waals surface area contributed by atoms with Gasteiger partial charge >= 0.3 is 0 Å². The van der Waals surface area contributed by atoms with Crippen molar-refractivity contribution >= 4 is 5.88 Å². The molecule has 1 rings (SSSR count). The topological polar surface area (TPSA) is 55.9 Å². The first kappa shape index (κ1) is 4.11. The van der Waals surface area contributed by atoms with E-state index in [2.05, 4.69) is 9.79 Å². The first-order valence-electron chi connectivity index (χ1n) is 1.87. The molecule has 0 spiro atoms. The van der Waals surface area contributed by atoms with Gasteiger partial charge in [0.2, 0.25) is 0 Å². The van der Waals surface area contributed by atoms with Crippen molar-refractivity contribution < 1.29 is 9.20 Å². The minimum Gasteiger partial charge on any atom is -0.362 e. The Morgan fingerprint density at radius 3 is 2.86 bits per heavy atom. The molecular formula is C3H6N3O+. The molecule has 38 valence electrons. The van der Waals surface area contributed by atoms with Crippen LogP contribution in [0.5, 0.6) is 0 Å². The van der Waals surface area contributed by atoms with E-state index in [0.717, 1.165) is 0 Å². The highest BCUT2D eigenvalue weighted by Gasteiger charge is 1.97. The second-order valence-corrected chi connectivity index (χ2v) is 1.28. The van der Waals surface area contributed by atoms with Crippen LogP contribution in [0.3, 0.4) is 0 Å². The van der Waals surface area contributed by atoms with Crippen molar-refractivity contribution in [3.8, 4) is 0 Å². The molecule has 7 heavy (non-hydrogen) atoms. The van der Waals surface area contributed by atoms with E-state index in [1.54, 1.807) is 13.2 Å². The molecule has 0 radical (unpaired) electrons. The van der Waals surface area contributed by atoms with Crippen molar-refractivity contribution in [1.29, 1.82) is 0 Å². The monoisotopic (exact) mass is 100 g/mol. The smallest absolute Gasteiger partial charge is 0.293 e. The maximum absolute atomic E-state index is 5.13. The number of rotatable bonds is 0. The first-order chi connectivity index (χ1) is 3.29. The van der Waals surface area contributed by atoms with Crippen molar-refractivity contribution in [2.45, 2.75) is 0 Å². The van der Waals surface area contributed by atoms with Crippen LogP contribution in [0.25, 0.3) is 0 Å². The molecule has 0 aliphatic carbocycles. The van der Waals surface area contributed by atoms with Gasteiger partial charge in [0.1, 0.15) is 0 Å². The molecule has 0 atom stereocenters. The van der Waals surface area contributed by atoms with Crippen molar-refractivity contribution in [3.05, 3.63) is 6.20 Å². The fraction of sp³-hybridized carbons (Fsp3) is 0.333. The van der Waals surface area contributed by atoms with Gasteiger partial charge in [0.05, 0.1) is 0 Å². The summed E-state index contributed by atoms with van der Waals surface area (Å²) in [7, 11) is 1.74. The Labute approximate surface area is 40.5 Å². The van der Waals surface area contributed by atoms with E-state index in [4.69, 9.17) is 5.73 Å². The number of hydrogen-bond donors (Lipinski definition) is 1. The fourth-order valence-electron chi connectivity index (χ4n) is 0.343. The van der Waals surface area contributed by atoms with Gasteiger partial charge in [-0.1, -0.05) is 4.68 Å². The van der Waals surface area contributed by atoms with Crippen LogP contribution in [0.1, 0.15) is 0 Å². The molecular weight excluding hydrogens is 94.1 g/mol. The third-order valence-electron chi connectivity index (χ3n) is 0.589. The van der Waals surface area contributed by atoms with Gasteiger partial charge in [-0.05, 0) is 0 Å². The second-order valence-electron chi connectivity index (χ2n) is 1.28. The van der Waals surface area contributed by atoms with Gasteiger partial charge in [0.25, 0.3) is 12.1 Å². The zero-order valence-electron chi connectivity index (χ0n) is 3.96. The highest BCUT2D eigenvalue weighted by molar-refractivity contribution is 5.11. The molecule has 0 unspecified atom stereocenters. The van der Waals surface area contributed by atoms with E-state index in [0.29, 0.717) is 5.88 Å². The number of hydrogen-bond acceptors (Lipinski definition) is 3. The normalized spacial score (nSPS) is 9.29. The highest BCUT2D eigenvalue weighted by atomic mass is 16.5. The van der Waals surface area contributed by atoms with Crippen molar-refractivity contribution in [2.24, 2.45) is 7.05 Å². The van der Waals surface area contributed by atoms with Gasteiger partial charge in [-0.15, -0.1) is 0 Å². The summed E-state index contributed by atoms with van der Waals surface area (Å²) in [5, 5.41) is 3.43. The minimum absolute atomic E-state index is 0.336. The Bertz CT molecular complexity index is 142. The maximum Gasteiger partial charge on any atom is 0.293 e. The summed E-state index contributed by atoms with van der Waals surface area (Å²) in [6, 6.07) is 0. The number of nitrogen functional groups attached to an aromatic ring is 1. The van der Waals surface area contributed by atoms with Crippen molar-refractivity contribution in [2.75, 3.05) is 5.73 Å². The van der Waals surface area contributed by atoms with Crippen LogP contribution in [0.2, 0.25) is 0 Å². The predicted molar refractivity (Wildman–Crippen MR) is 22.1 cm³/mol. The molecule has 2 N–H and O–H groups in total. The molecule has 0 fully saturated rings. The molecule has 0 saturated carbocycles. The Morgan fingerprint density at radius 2 is 2.71 bits per heavy atom. The van der Waals surface area contributed by atoms with E-state index in [1.165, 1.54) is 4.68 Å². The summed E-state index contributed by atoms with van der Waals surface area (Å²) in [4.78, 5) is 0. The minimum atomic E-state index is 0.336. The lowest BCUT2D eigenvalue weighted by Crippen LogP contribution is -2.27. The van der Waals surface area contributed by atoms with Gasteiger partial charge in [-0.25, -0.2) is 0 Å². The second kappa shape index (κ2) is 1.22. The summed E-state index contributed by atoms with van der Waals surface area (Å²) in [6.07, 6.45) is 1.58. The number of nitrogens with two attached hydrogens (primary N) is 1. The predicted octanol–water partition coefficient (Wildman–Crippen LogP) is -0.919. The summed E-state index contributed by atoms with van der Waals surface area (Å²) >= 11 is 0.